The highest BCUT2D eigenvalue weighted by atomic mass is 16.5. The van der Waals surface area contributed by atoms with Gasteiger partial charge in [0.15, 0.2) is 0 Å². The van der Waals surface area contributed by atoms with Crippen LogP contribution in [0.1, 0.15) is 37.3 Å². The van der Waals surface area contributed by atoms with Crippen molar-refractivity contribution in [2.75, 3.05) is 13.7 Å². The molecule has 0 spiro atoms. The molecule has 1 rings (SSSR count). The number of hydrogen-bond acceptors (Lipinski definition) is 2. The molecule has 90 valence electrons. The van der Waals surface area contributed by atoms with E-state index in [2.05, 4.69) is 26.8 Å². The maximum atomic E-state index is 5.62. The van der Waals surface area contributed by atoms with Crippen molar-refractivity contribution in [3.63, 3.8) is 0 Å². The summed E-state index contributed by atoms with van der Waals surface area (Å²) in [6, 6.07) is 6.22. The minimum atomic E-state index is 0.486. The highest BCUT2D eigenvalue weighted by Gasteiger charge is 2.19. The highest BCUT2D eigenvalue weighted by molar-refractivity contribution is 5.42. The summed E-state index contributed by atoms with van der Waals surface area (Å²) >= 11 is 0. The topological polar surface area (TPSA) is 35.2 Å². The van der Waals surface area contributed by atoms with Crippen molar-refractivity contribution >= 4 is 0 Å². The lowest BCUT2D eigenvalue weighted by Crippen LogP contribution is -2.13. The molecule has 0 fully saturated rings. The molecule has 0 aromatic heterocycles. The Morgan fingerprint density at radius 2 is 2.00 bits per heavy atom. The summed E-state index contributed by atoms with van der Waals surface area (Å²) in [4.78, 5) is 0. The Hall–Kier alpha value is -1.02. The van der Waals surface area contributed by atoms with E-state index in [1.807, 2.05) is 12.1 Å². The first kappa shape index (κ1) is 13.0. The molecule has 0 aliphatic heterocycles. The first-order valence-electron chi connectivity index (χ1n) is 5.95. The minimum absolute atomic E-state index is 0.486. The maximum Gasteiger partial charge on any atom is 0.122 e. The molecular weight excluding hydrogens is 198 g/mol. The normalized spacial score (nSPS) is 14.6. The zero-order chi connectivity index (χ0) is 12.1. The molecule has 1 aromatic rings. The standard InChI is InChI=1S/C14H23NO/c1-10(8-9-15)12(3)14-11(2)6-5-7-13(14)16-4/h5-7,10,12H,8-9,15H2,1-4H3. The lowest BCUT2D eigenvalue weighted by atomic mass is 9.84. The molecule has 0 saturated carbocycles. The highest BCUT2D eigenvalue weighted by Crippen LogP contribution is 2.35. The third-order valence-corrected chi connectivity index (χ3v) is 3.43. The first-order valence-corrected chi connectivity index (χ1v) is 5.95. The average molecular weight is 221 g/mol. The smallest absolute Gasteiger partial charge is 0.122 e. The van der Waals surface area contributed by atoms with Crippen molar-refractivity contribution in [1.82, 2.24) is 0 Å². The summed E-state index contributed by atoms with van der Waals surface area (Å²) < 4.78 is 5.44. The van der Waals surface area contributed by atoms with E-state index < -0.39 is 0 Å². The summed E-state index contributed by atoms with van der Waals surface area (Å²) in [5.74, 6) is 2.07. The molecule has 16 heavy (non-hydrogen) atoms. The van der Waals surface area contributed by atoms with Gasteiger partial charge in [0, 0.05) is 5.56 Å². The zero-order valence-electron chi connectivity index (χ0n) is 10.8. The van der Waals surface area contributed by atoms with Crippen molar-refractivity contribution in [1.29, 1.82) is 0 Å². The van der Waals surface area contributed by atoms with Crippen LogP contribution >= 0.6 is 0 Å². The molecule has 0 amide bonds. The Bertz CT molecular complexity index is 336. The summed E-state index contributed by atoms with van der Waals surface area (Å²) in [5.41, 5.74) is 8.25. The molecule has 1 aromatic carbocycles. The number of rotatable bonds is 5. The van der Waals surface area contributed by atoms with E-state index in [-0.39, 0.29) is 0 Å². The molecule has 0 heterocycles. The number of hydrogen-bond donors (Lipinski definition) is 1. The minimum Gasteiger partial charge on any atom is -0.496 e. The van der Waals surface area contributed by atoms with E-state index in [9.17, 15) is 0 Å². The monoisotopic (exact) mass is 221 g/mol. The molecule has 0 radical (unpaired) electrons. The predicted octanol–water partition coefficient (Wildman–Crippen LogP) is 3.09. The van der Waals surface area contributed by atoms with Crippen LogP contribution in [0.4, 0.5) is 0 Å². The van der Waals surface area contributed by atoms with E-state index in [1.54, 1.807) is 7.11 Å². The molecule has 2 heteroatoms. The van der Waals surface area contributed by atoms with E-state index in [0.717, 1.165) is 18.7 Å². The van der Waals surface area contributed by atoms with Gasteiger partial charge < -0.3 is 10.5 Å². The lowest BCUT2D eigenvalue weighted by Gasteiger charge is -2.23. The Morgan fingerprint density at radius 3 is 2.56 bits per heavy atom. The molecule has 2 atom stereocenters. The molecule has 2 nitrogen and oxygen atoms in total. The van der Waals surface area contributed by atoms with Gasteiger partial charge in [0.05, 0.1) is 7.11 Å². The molecule has 0 bridgehead atoms. The fourth-order valence-corrected chi connectivity index (χ4v) is 2.21. The second-order valence-electron chi connectivity index (χ2n) is 4.53. The quantitative estimate of drug-likeness (QED) is 0.829. The van der Waals surface area contributed by atoms with Crippen LogP contribution in [0.5, 0.6) is 5.75 Å². The van der Waals surface area contributed by atoms with Gasteiger partial charge in [-0.15, -0.1) is 0 Å². The lowest BCUT2D eigenvalue weighted by molar-refractivity contribution is 0.389. The van der Waals surface area contributed by atoms with Crippen LogP contribution in [0.15, 0.2) is 18.2 Å². The predicted molar refractivity (Wildman–Crippen MR) is 69.0 cm³/mol. The van der Waals surface area contributed by atoms with Crippen LogP contribution in [-0.4, -0.2) is 13.7 Å². The van der Waals surface area contributed by atoms with Crippen LogP contribution in [0.2, 0.25) is 0 Å². The average Bonchev–Trinajstić information content (AvgIpc) is 2.28. The van der Waals surface area contributed by atoms with Gasteiger partial charge in [-0.2, -0.15) is 0 Å². The Balaban J connectivity index is 3.01. The fraction of sp³-hybridized carbons (Fsp3) is 0.571. The summed E-state index contributed by atoms with van der Waals surface area (Å²) in [6.45, 7) is 7.40. The van der Waals surface area contributed by atoms with Gasteiger partial charge in [-0.1, -0.05) is 26.0 Å². The number of benzene rings is 1. The van der Waals surface area contributed by atoms with Gasteiger partial charge in [-0.05, 0) is 43.4 Å². The molecule has 0 aliphatic rings. The van der Waals surface area contributed by atoms with E-state index in [1.165, 1.54) is 11.1 Å². The molecule has 0 saturated heterocycles. The second kappa shape index (κ2) is 5.90. The Kier molecular flexibility index (Phi) is 4.81. The maximum absolute atomic E-state index is 5.62. The summed E-state index contributed by atoms with van der Waals surface area (Å²) in [5, 5.41) is 0. The third kappa shape index (κ3) is 2.76. The summed E-state index contributed by atoms with van der Waals surface area (Å²) in [6.07, 6.45) is 1.05. The Labute approximate surface area is 98.8 Å². The van der Waals surface area contributed by atoms with E-state index in [4.69, 9.17) is 10.5 Å². The van der Waals surface area contributed by atoms with Crippen LogP contribution < -0.4 is 10.5 Å². The number of aryl methyl sites for hydroxylation is 1. The van der Waals surface area contributed by atoms with Crippen molar-refractivity contribution in [2.24, 2.45) is 11.7 Å². The SMILES string of the molecule is COc1cccc(C)c1C(C)C(C)CCN. The Morgan fingerprint density at radius 1 is 1.31 bits per heavy atom. The second-order valence-corrected chi connectivity index (χ2v) is 4.53. The first-order chi connectivity index (χ1) is 7.61. The van der Waals surface area contributed by atoms with Crippen molar-refractivity contribution < 1.29 is 4.74 Å². The van der Waals surface area contributed by atoms with Crippen LogP contribution in [-0.2, 0) is 0 Å². The van der Waals surface area contributed by atoms with Crippen LogP contribution in [0.25, 0.3) is 0 Å². The van der Waals surface area contributed by atoms with Gasteiger partial charge in [0.1, 0.15) is 5.75 Å². The fourth-order valence-electron chi connectivity index (χ4n) is 2.21. The molecule has 2 N–H and O–H groups in total. The molecule has 2 unspecified atom stereocenters. The van der Waals surface area contributed by atoms with Crippen LogP contribution in [0, 0.1) is 12.8 Å². The van der Waals surface area contributed by atoms with Crippen LogP contribution in [0.3, 0.4) is 0 Å². The van der Waals surface area contributed by atoms with E-state index >= 15 is 0 Å². The van der Waals surface area contributed by atoms with Gasteiger partial charge in [0.25, 0.3) is 0 Å². The molecule has 0 aliphatic carbocycles. The van der Waals surface area contributed by atoms with Gasteiger partial charge in [0.2, 0.25) is 0 Å². The third-order valence-electron chi connectivity index (χ3n) is 3.43. The van der Waals surface area contributed by atoms with Gasteiger partial charge in [-0.3, -0.25) is 0 Å². The molecular formula is C14H23NO. The number of nitrogens with two attached hydrogens (primary N) is 1. The number of methoxy groups -OCH3 is 1. The van der Waals surface area contributed by atoms with Crippen molar-refractivity contribution in [3.8, 4) is 5.75 Å². The van der Waals surface area contributed by atoms with E-state index in [0.29, 0.717) is 11.8 Å². The van der Waals surface area contributed by atoms with Gasteiger partial charge >= 0.3 is 0 Å². The van der Waals surface area contributed by atoms with Gasteiger partial charge in [-0.25, -0.2) is 0 Å². The van der Waals surface area contributed by atoms with Crippen molar-refractivity contribution in [3.05, 3.63) is 29.3 Å². The zero-order valence-corrected chi connectivity index (χ0v) is 10.8. The van der Waals surface area contributed by atoms with Crippen molar-refractivity contribution in [2.45, 2.75) is 33.1 Å². The number of ether oxygens (including phenoxy) is 1. The summed E-state index contributed by atoms with van der Waals surface area (Å²) in [7, 11) is 1.73. The largest absolute Gasteiger partial charge is 0.496 e.